The molecule has 1 aliphatic carbocycles. The quantitative estimate of drug-likeness (QED) is 0.616. The number of carbonyl (C=O) groups is 2. The first-order valence-electron chi connectivity index (χ1n) is 9.04. The van der Waals surface area contributed by atoms with Gasteiger partial charge in [0.15, 0.2) is 5.76 Å². The molecule has 3 amide bonds. The van der Waals surface area contributed by atoms with Crippen LogP contribution in [0.2, 0.25) is 0 Å². The van der Waals surface area contributed by atoms with E-state index in [1.807, 2.05) is 60.7 Å². The molecule has 3 aromatic rings. The van der Waals surface area contributed by atoms with Crippen molar-refractivity contribution < 1.29 is 14.0 Å². The maximum Gasteiger partial charge on any atom is 0.321 e. The summed E-state index contributed by atoms with van der Waals surface area (Å²) in [6.45, 7) is 0. The van der Waals surface area contributed by atoms with Crippen LogP contribution in [-0.2, 0) is 4.79 Å². The average Bonchev–Trinajstić information content (AvgIpc) is 3.42. The third-order valence-electron chi connectivity index (χ3n) is 4.18. The summed E-state index contributed by atoms with van der Waals surface area (Å²) < 4.78 is 5.96. The van der Waals surface area contributed by atoms with Gasteiger partial charge in [0.1, 0.15) is 5.69 Å². The Bertz CT molecular complexity index is 912. The molecular weight excluding hydrogens is 374 g/mol. The minimum absolute atomic E-state index is 0.0427. The molecule has 0 atom stereocenters. The Hall–Kier alpha value is -3.06. The van der Waals surface area contributed by atoms with Gasteiger partial charge >= 0.3 is 6.03 Å². The molecule has 1 aromatic heterocycles. The lowest BCUT2D eigenvalue weighted by Gasteiger charge is -2.03. The van der Waals surface area contributed by atoms with E-state index in [1.54, 1.807) is 0 Å². The summed E-state index contributed by atoms with van der Waals surface area (Å²) >= 11 is 1.16. The molecule has 0 spiro atoms. The van der Waals surface area contributed by atoms with E-state index in [-0.39, 0.29) is 17.7 Å². The van der Waals surface area contributed by atoms with Gasteiger partial charge in [0.05, 0.1) is 5.75 Å². The van der Waals surface area contributed by atoms with Crippen molar-refractivity contribution in [3.63, 3.8) is 0 Å². The van der Waals surface area contributed by atoms with Crippen molar-refractivity contribution in [3.8, 4) is 22.6 Å². The average molecular weight is 393 g/mol. The number of nitrogens with zero attached hydrogens (tertiary/aromatic N) is 1. The maximum atomic E-state index is 12.0. The summed E-state index contributed by atoms with van der Waals surface area (Å²) in [6.07, 6.45) is 1.94. The lowest BCUT2D eigenvalue weighted by molar-refractivity contribution is -0.117. The molecule has 142 valence electrons. The lowest BCUT2D eigenvalue weighted by Crippen LogP contribution is -2.41. The Kier molecular flexibility index (Phi) is 5.43. The summed E-state index contributed by atoms with van der Waals surface area (Å²) in [6, 6.07) is 19.2. The summed E-state index contributed by atoms with van der Waals surface area (Å²) in [7, 11) is 0. The van der Waals surface area contributed by atoms with Gasteiger partial charge in [-0.2, -0.15) is 0 Å². The van der Waals surface area contributed by atoms with Crippen LogP contribution in [-0.4, -0.2) is 28.7 Å². The second-order valence-electron chi connectivity index (χ2n) is 6.47. The van der Waals surface area contributed by atoms with Crippen molar-refractivity contribution >= 4 is 23.7 Å². The number of carbonyl (C=O) groups excluding carboxylic acids is 2. The molecule has 4 rings (SSSR count). The molecule has 0 saturated heterocycles. The molecule has 2 N–H and O–H groups in total. The maximum absolute atomic E-state index is 12.0. The molecule has 0 radical (unpaired) electrons. The highest BCUT2D eigenvalue weighted by Crippen LogP contribution is 2.35. The topological polar surface area (TPSA) is 84.2 Å². The van der Waals surface area contributed by atoms with Crippen LogP contribution >= 0.6 is 11.8 Å². The number of hydrogen-bond donors (Lipinski definition) is 2. The van der Waals surface area contributed by atoms with Crippen LogP contribution in [0.5, 0.6) is 0 Å². The highest BCUT2D eigenvalue weighted by molar-refractivity contribution is 7.99. The van der Waals surface area contributed by atoms with Gasteiger partial charge in [0, 0.05) is 17.2 Å². The number of aromatic nitrogens is 1. The van der Waals surface area contributed by atoms with Crippen LogP contribution in [0.25, 0.3) is 22.6 Å². The van der Waals surface area contributed by atoms with Crippen LogP contribution in [0.1, 0.15) is 12.8 Å². The highest BCUT2D eigenvalue weighted by Gasteiger charge is 2.24. The van der Waals surface area contributed by atoms with E-state index in [0.717, 1.165) is 41.4 Å². The number of urea groups is 1. The van der Waals surface area contributed by atoms with Crippen LogP contribution < -0.4 is 10.6 Å². The van der Waals surface area contributed by atoms with E-state index >= 15 is 0 Å². The minimum Gasteiger partial charge on any atom is -0.431 e. The standard InChI is InChI=1S/C21H19N3O3S/c25-17(23-20(26)22-16-11-12-16)13-28-21-24-18(14-7-3-1-4-8-14)19(27-21)15-9-5-2-6-10-15/h1-10,16H,11-13H2,(H2,22,23,25,26). The third kappa shape index (κ3) is 4.61. The molecule has 6 nitrogen and oxygen atoms in total. The monoisotopic (exact) mass is 393 g/mol. The first-order valence-corrected chi connectivity index (χ1v) is 10.0. The number of benzene rings is 2. The molecule has 2 aromatic carbocycles. The predicted octanol–water partition coefficient (Wildman–Crippen LogP) is 4.09. The summed E-state index contributed by atoms with van der Waals surface area (Å²) in [5.74, 6) is 0.311. The molecule has 1 fully saturated rings. The van der Waals surface area contributed by atoms with Crippen LogP contribution in [0, 0.1) is 0 Å². The lowest BCUT2D eigenvalue weighted by atomic mass is 10.1. The van der Waals surface area contributed by atoms with Crippen molar-refractivity contribution in [2.45, 2.75) is 24.1 Å². The number of thioether (sulfide) groups is 1. The molecule has 0 unspecified atom stereocenters. The third-order valence-corrected chi connectivity index (χ3v) is 5.01. The number of rotatable bonds is 6. The smallest absolute Gasteiger partial charge is 0.321 e. The molecular formula is C21H19N3O3S. The summed E-state index contributed by atoms with van der Waals surface area (Å²) in [5.41, 5.74) is 2.57. The number of imide groups is 1. The van der Waals surface area contributed by atoms with Gasteiger partial charge < -0.3 is 9.73 Å². The molecule has 0 aliphatic heterocycles. The Labute approximate surface area is 166 Å². The van der Waals surface area contributed by atoms with E-state index in [2.05, 4.69) is 15.6 Å². The van der Waals surface area contributed by atoms with Gasteiger partial charge in [-0.1, -0.05) is 72.4 Å². The number of oxazole rings is 1. The van der Waals surface area contributed by atoms with Crippen molar-refractivity contribution in [1.29, 1.82) is 0 Å². The first kappa shape index (κ1) is 18.3. The van der Waals surface area contributed by atoms with Crippen molar-refractivity contribution in [2.75, 3.05) is 5.75 Å². The molecule has 0 bridgehead atoms. The zero-order valence-electron chi connectivity index (χ0n) is 15.1. The Morgan fingerprint density at radius 3 is 2.29 bits per heavy atom. The van der Waals surface area contributed by atoms with Crippen LogP contribution in [0.3, 0.4) is 0 Å². The summed E-state index contributed by atoms with van der Waals surface area (Å²) in [5, 5.41) is 5.43. The first-order chi connectivity index (χ1) is 13.7. The SMILES string of the molecule is O=C(CSc1nc(-c2ccccc2)c(-c2ccccc2)o1)NC(=O)NC1CC1. The van der Waals surface area contributed by atoms with Gasteiger partial charge in [0.2, 0.25) is 5.91 Å². The van der Waals surface area contributed by atoms with Crippen molar-refractivity contribution in [1.82, 2.24) is 15.6 Å². The van der Waals surface area contributed by atoms with Crippen molar-refractivity contribution in [2.24, 2.45) is 0 Å². The van der Waals surface area contributed by atoms with Gasteiger partial charge in [0.25, 0.3) is 5.22 Å². The number of nitrogens with one attached hydrogen (secondary N) is 2. The Morgan fingerprint density at radius 1 is 1.00 bits per heavy atom. The number of amides is 3. The molecule has 7 heteroatoms. The second-order valence-corrected chi connectivity index (χ2v) is 7.40. The van der Waals surface area contributed by atoms with E-state index in [9.17, 15) is 9.59 Å². The predicted molar refractivity (Wildman–Crippen MR) is 108 cm³/mol. The van der Waals surface area contributed by atoms with Gasteiger partial charge in [-0.3, -0.25) is 10.1 Å². The van der Waals surface area contributed by atoms with Gasteiger partial charge in [-0.25, -0.2) is 9.78 Å². The van der Waals surface area contributed by atoms with Crippen LogP contribution in [0.4, 0.5) is 4.79 Å². The summed E-state index contributed by atoms with van der Waals surface area (Å²) in [4.78, 5) is 28.2. The molecule has 1 aliphatic rings. The minimum atomic E-state index is -0.449. The zero-order valence-corrected chi connectivity index (χ0v) is 15.9. The number of hydrogen-bond acceptors (Lipinski definition) is 5. The van der Waals surface area contributed by atoms with E-state index in [0.29, 0.717) is 11.0 Å². The fourth-order valence-electron chi connectivity index (χ4n) is 2.68. The zero-order chi connectivity index (χ0) is 19.3. The van der Waals surface area contributed by atoms with Gasteiger partial charge in [-0.15, -0.1) is 0 Å². The fourth-order valence-corrected chi connectivity index (χ4v) is 3.30. The normalized spacial score (nSPS) is 13.1. The van der Waals surface area contributed by atoms with E-state index in [4.69, 9.17) is 4.42 Å². The fraction of sp³-hybridized carbons (Fsp3) is 0.190. The molecule has 28 heavy (non-hydrogen) atoms. The molecule has 1 heterocycles. The Morgan fingerprint density at radius 2 is 1.64 bits per heavy atom. The largest absolute Gasteiger partial charge is 0.431 e. The van der Waals surface area contributed by atoms with E-state index < -0.39 is 6.03 Å². The molecule has 1 saturated carbocycles. The second kappa shape index (κ2) is 8.31. The van der Waals surface area contributed by atoms with E-state index in [1.165, 1.54) is 0 Å². The Balaban J connectivity index is 1.49. The highest BCUT2D eigenvalue weighted by atomic mass is 32.2. The van der Waals surface area contributed by atoms with Gasteiger partial charge in [-0.05, 0) is 12.8 Å². The van der Waals surface area contributed by atoms with Crippen LogP contribution in [0.15, 0.2) is 70.3 Å². The van der Waals surface area contributed by atoms with Crippen molar-refractivity contribution in [3.05, 3.63) is 60.7 Å².